The summed E-state index contributed by atoms with van der Waals surface area (Å²) in [6.07, 6.45) is 1.34. The lowest BCUT2D eigenvalue weighted by molar-refractivity contribution is 0.0879. The molecule has 0 aliphatic carbocycles. The van der Waals surface area contributed by atoms with Gasteiger partial charge in [0.2, 0.25) is 0 Å². The summed E-state index contributed by atoms with van der Waals surface area (Å²) in [6.45, 7) is 15.1. The number of nitrogens with two attached hydrogens (primary N) is 1. The molecule has 1 heterocycles. The van der Waals surface area contributed by atoms with Crippen LogP contribution >= 0.6 is 0 Å². The zero-order valence-corrected chi connectivity index (χ0v) is 11.1. The highest BCUT2D eigenvalue weighted by atomic mass is 15.1. The topological polar surface area (TPSA) is 29.3 Å². The summed E-state index contributed by atoms with van der Waals surface area (Å²) in [5, 5.41) is 0. The number of hydrogen-bond acceptors (Lipinski definition) is 2. The maximum atomic E-state index is 6.02. The van der Waals surface area contributed by atoms with Crippen LogP contribution in [0.1, 0.15) is 41.0 Å². The van der Waals surface area contributed by atoms with Crippen LogP contribution in [0, 0.1) is 17.3 Å². The Morgan fingerprint density at radius 3 is 2.40 bits per heavy atom. The molecule has 15 heavy (non-hydrogen) atoms. The third kappa shape index (κ3) is 3.46. The van der Waals surface area contributed by atoms with Crippen LogP contribution in [0.15, 0.2) is 0 Å². The van der Waals surface area contributed by atoms with E-state index in [4.69, 9.17) is 5.73 Å². The second-order valence-corrected chi connectivity index (χ2v) is 6.26. The van der Waals surface area contributed by atoms with Gasteiger partial charge in [-0.2, -0.15) is 0 Å². The van der Waals surface area contributed by atoms with Crippen LogP contribution in [-0.2, 0) is 0 Å². The molecule has 1 aliphatic rings. The SMILES string of the molecule is CC1CCN(CC(C)(C)C(C)N)CC1C. The summed E-state index contributed by atoms with van der Waals surface area (Å²) in [6, 6.07) is 0.271. The van der Waals surface area contributed by atoms with Crippen LogP contribution in [-0.4, -0.2) is 30.6 Å². The van der Waals surface area contributed by atoms with Crippen molar-refractivity contribution >= 4 is 0 Å². The number of nitrogens with zero attached hydrogens (tertiary/aromatic N) is 1. The van der Waals surface area contributed by atoms with E-state index in [1.807, 2.05) is 0 Å². The average molecular weight is 212 g/mol. The van der Waals surface area contributed by atoms with Gasteiger partial charge in [-0.05, 0) is 37.1 Å². The van der Waals surface area contributed by atoms with E-state index in [0.717, 1.165) is 18.4 Å². The van der Waals surface area contributed by atoms with Crippen molar-refractivity contribution < 1.29 is 0 Å². The first kappa shape index (κ1) is 13.0. The third-order valence-corrected chi connectivity index (χ3v) is 4.28. The van der Waals surface area contributed by atoms with Gasteiger partial charge in [0.15, 0.2) is 0 Å². The van der Waals surface area contributed by atoms with Crippen molar-refractivity contribution in [2.45, 2.75) is 47.1 Å². The van der Waals surface area contributed by atoms with Crippen molar-refractivity contribution in [3.8, 4) is 0 Å². The van der Waals surface area contributed by atoms with Crippen molar-refractivity contribution in [2.24, 2.45) is 23.0 Å². The molecule has 0 spiro atoms. The molecule has 1 rings (SSSR count). The Balaban J connectivity index is 2.46. The molecule has 0 aromatic carbocycles. The zero-order valence-electron chi connectivity index (χ0n) is 11.1. The van der Waals surface area contributed by atoms with E-state index in [0.29, 0.717) is 0 Å². The monoisotopic (exact) mass is 212 g/mol. The predicted octanol–water partition coefficient (Wildman–Crippen LogP) is 2.34. The van der Waals surface area contributed by atoms with Crippen LogP contribution in [0.5, 0.6) is 0 Å². The fraction of sp³-hybridized carbons (Fsp3) is 1.00. The van der Waals surface area contributed by atoms with Crippen molar-refractivity contribution in [2.75, 3.05) is 19.6 Å². The number of piperidine rings is 1. The Kier molecular flexibility index (Phi) is 4.19. The van der Waals surface area contributed by atoms with Crippen molar-refractivity contribution in [1.82, 2.24) is 4.90 Å². The van der Waals surface area contributed by atoms with Crippen LogP contribution in [0.3, 0.4) is 0 Å². The fourth-order valence-corrected chi connectivity index (χ4v) is 2.21. The highest BCUT2D eigenvalue weighted by molar-refractivity contribution is 4.84. The maximum Gasteiger partial charge on any atom is 0.00739 e. The molecular formula is C13H28N2. The van der Waals surface area contributed by atoms with Crippen LogP contribution in [0.4, 0.5) is 0 Å². The van der Waals surface area contributed by atoms with Crippen molar-refractivity contribution in [3.05, 3.63) is 0 Å². The van der Waals surface area contributed by atoms with Gasteiger partial charge in [-0.25, -0.2) is 0 Å². The van der Waals surface area contributed by atoms with Crippen LogP contribution < -0.4 is 5.73 Å². The molecule has 0 saturated carbocycles. The second kappa shape index (κ2) is 4.84. The lowest BCUT2D eigenvalue weighted by Gasteiger charge is -2.41. The predicted molar refractivity (Wildman–Crippen MR) is 66.8 cm³/mol. The summed E-state index contributed by atoms with van der Waals surface area (Å²) < 4.78 is 0. The molecule has 3 atom stereocenters. The molecule has 0 bridgehead atoms. The van der Waals surface area contributed by atoms with E-state index in [9.17, 15) is 0 Å². The van der Waals surface area contributed by atoms with Crippen LogP contribution in [0.25, 0.3) is 0 Å². The molecule has 1 fully saturated rings. The van der Waals surface area contributed by atoms with E-state index < -0.39 is 0 Å². The van der Waals surface area contributed by atoms with Crippen LogP contribution in [0.2, 0.25) is 0 Å². The lowest BCUT2D eigenvalue weighted by atomic mass is 9.83. The lowest BCUT2D eigenvalue weighted by Crippen LogP contribution is -2.48. The van der Waals surface area contributed by atoms with Crippen molar-refractivity contribution in [1.29, 1.82) is 0 Å². The number of likely N-dealkylation sites (tertiary alicyclic amines) is 1. The normalized spacial score (nSPS) is 31.6. The number of rotatable bonds is 3. The summed E-state index contributed by atoms with van der Waals surface area (Å²) >= 11 is 0. The Labute approximate surface area is 95.2 Å². The summed E-state index contributed by atoms with van der Waals surface area (Å²) in [4.78, 5) is 2.59. The van der Waals surface area contributed by atoms with Crippen molar-refractivity contribution in [3.63, 3.8) is 0 Å². The van der Waals surface area contributed by atoms with Gasteiger partial charge in [0.1, 0.15) is 0 Å². The maximum absolute atomic E-state index is 6.02. The summed E-state index contributed by atoms with van der Waals surface area (Å²) in [7, 11) is 0. The first-order valence-corrected chi connectivity index (χ1v) is 6.31. The minimum atomic E-state index is 0.236. The minimum absolute atomic E-state index is 0.236. The summed E-state index contributed by atoms with van der Waals surface area (Å²) in [5.41, 5.74) is 6.26. The molecular weight excluding hydrogens is 184 g/mol. The van der Waals surface area contributed by atoms with Gasteiger partial charge in [-0.3, -0.25) is 0 Å². The van der Waals surface area contributed by atoms with Gasteiger partial charge in [-0.15, -0.1) is 0 Å². The van der Waals surface area contributed by atoms with Gasteiger partial charge in [0, 0.05) is 19.1 Å². The first-order valence-electron chi connectivity index (χ1n) is 6.31. The molecule has 0 amide bonds. The highest BCUT2D eigenvalue weighted by Gasteiger charge is 2.29. The molecule has 1 saturated heterocycles. The van der Waals surface area contributed by atoms with Gasteiger partial charge in [0.05, 0.1) is 0 Å². The van der Waals surface area contributed by atoms with Gasteiger partial charge in [0.25, 0.3) is 0 Å². The Morgan fingerprint density at radius 2 is 1.93 bits per heavy atom. The average Bonchev–Trinajstić information content (AvgIpc) is 2.10. The standard InChI is InChI=1S/C13H28N2/c1-10-6-7-15(8-11(10)2)9-13(4,5)12(3)14/h10-12H,6-9,14H2,1-5H3. The van der Waals surface area contributed by atoms with E-state index in [2.05, 4.69) is 39.5 Å². The zero-order chi connectivity index (χ0) is 11.6. The Morgan fingerprint density at radius 1 is 1.33 bits per heavy atom. The molecule has 0 aromatic rings. The molecule has 0 aromatic heterocycles. The third-order valence-electron chi connectivity index (χ3n) is 4.28. The molecule has 0 radical (unpaired) electrons. The minimum Gasteiger partial charge on any atom is -0.327 e. The Bertz CT molecular complexity index is 199. The first-order chi connectivity index (χ1) is 6.83. The molecule has 3 unspecified atom stereocenters. The second-order valence-electron chi connectivity index (χ2n) is 6.26. The summed E-state index contributed by atoms with van der Waals surface area (Å²) in [5.74, 6) is 1.72. The van der Waals surface area contributed by atoms with Gasteiger partial charge in [-0.1, -0.05) is 27.7 Å². The quantitative estimate of drug-likeness (QED) is 0.778. The van der Waals surface area contributed by atoms with Gasteiger partial charge >= 0.3 is 0 Å². The number of hydrogen-bond donors (Lipinski definition) is 1. The van der Waals surface area contributed by atoms with E-state index in [1.165, 1.54) is 19.5 Å². The van der Waals surface area contributed by atoms with Gasteiger partial charge < -0.3 is 10.6 Å². The van der Waals surface area contributed by atoms with E-state index in [1.54, 1.807) is 0 Å². The van der Waals surface area contributed by atoms with E-state index >= 15 is 0 Å². The highest BCUT2D eigenvalue weighted by Crippen LogP contribution is 2.27. The molecule has 90 valence electrons. The fourth-order valence-electron chi connectivity index (χ4n) is 2.21. The Hall–Kier alpha value is -0.0800. The largest absolute Gasteiger partial charge is 0.327 e. The molecule has 2 heteroatoms. The smallest absolute Gasteiger partial charge is 0.00739 e. The molecule has 2 nitrogen and oxygen atoms in total. The molecule has 1 aliphatic heterocycles. The molecule has 2 N–H and O–H groups in total. The van der Waals surface area contributed by atoms with E-state index in [-0.39, 0.29) is 11.5 Å².